The minimum absolute atomic E-state index is 0.186. The Labute approximate surface area is 143 Å². The van der Waals surface area contributed by atoms with E-state index in [0.29, 0.717) is 0 Å². The van der Waals surface area contributed by atoms with Crippen molar-refractivity contribution < 1.29 is 14.2 Å². The maximum absolute atomic E-state index is 5.63. The van der Waals surface area contributed by atoms with Gasteiger partial charge in [0.1, 0.15) is 17.2 Å². The fraction of sp³-hybridized carbons (Fsp3) is 0.368. The Morgan fingerprint density at radius 1 is 0.833 bits per heavy atom. The average Bonchev–Trinajstić information content (AvgIpc) is 2.59. The number of benzene rings is 2. The third-order valence-corrected chi connectivity index (χ3v) is 3.40. The number of ether oxygens (including phenoxy) is 3. The lowest BCUT2D eigenvalue weighted by molar-refractivity contribution is 0.242. The van der Waals surface area contributed by atoms with Crippen LogP contribution in [-0.2, 0) is 0 Å². The third kappa shape index (κ3) is 5.26. The van der Waals surface area contributed by atoms with Crippen LogP contribution in [0.15, 0.2) is 42.5 Å². The highest BCUT2D eigenvalue weighted by Gasteiger charge is 2.04. The topological polar surface area (TPSA) is 51.8 Å². The molecule has 0 aliphatic carbocycles. The lowest BCUT2D eigenvalue weighted by Crippen LogP contribution is -2.14. The lowest BCUT2D eigenvalue weighted by atomic mass is 10.2. The van der Waals surface area contributed by atoms with Crippen molar-refractivity contribution in [3.05, 3.63) is 42.5 Å². The minimum Gasteiger partial charge on any atom is -0.497 e. The van der Waals surface area contributed by atoms with E-state index in [1.807, 2.05) is 56.3 Å². The SMILES string of the molecule is COc1ccc(OC)c(NCCNc2ccc(OC(C)C)cc2)c1. The Morgan fingerprint density at radius 2 is 1.50 bits per heavy atom. The molecule has 130 valence electrons. The second kappa shape index (κ2) is 8.91. The van der Waals surface area contributed by atoms with E-state index in [9.17, 15) is 0 Å². The summed E-state index contributed by atoms with van der Waals surface area (Å²) < 4.78 is 16.2. The summed E-state index contributed by atoms with van der Waals surface area (Å²) in [6.07, 6.45) is 0.186. The number of hydrogen-bond donors (Lipinski definition) is 2. The van der Waals surface area contributed by atoms with Crippen molar-refractivity contribution in [1.82, 2.24) is 0 Å². The minimum atomic E-state index is 0.186. The van der Waals surface area contributed by atoms with E-state index in [1.54, 1.807) is 14.2 Å². The van der Waals surface area contributed by atoms with Crippen molar-refractivity contribution in [2.75, 3.05) is 37.9 Å². The molecule has 24 heavy (non-hydrogen) atoms. The Morgan fingerprint density at radius 3 is 2.12 bits per heavy atom. The van der Waals surface area contributed by atoms with Gasteiger partial charge in [-0.15, -0.1) is 0 Å². The molecule has 0 amide bonds. The summed E-state index contributed by atoms with van der Waals surface area (Å²) >= 11 is 0. The van der Waals surface area contributed by atoms with Gasteiger partial charge in [-0.05, 0) is 50.2 Å². The van der Waals surface area contributed by atoms with Crippen LogP contribution in [0.25, 0.3) is 0 Å². The zero-order valence-electron chi connectivity index (χ0n) is 14.8. The van der Waals surface area contributed by atoms with Crippen LogP contribution in [0.2, 0.25) is 0 Å². The standard InChI is InChI=1S/C19H26N2O3/c1-14(2)24-16-7-5-15(6-8-16)20-11-12-21-18-13-17(22-3)9-10-19(18)23-4/h5-10,13-14,20-21H,11-12H2,1-4H3. The second-order valence-corrected chi connectivity index (χ2v) is 5.61. The molecule has 0 atom stereocenters. The molecule has 0 bridgehead atoms. The van der Waals surface area contributed by atoms with Crippen LogP contribution in [0.3, 0.4) is 0 Å². The largest absolute Gasteiger partial charge is 0.497 e. The smallest absolute Gasteiger partial charge is 0.142 e. The number of rotatable bonds is 9. The molecule has 0 fully saturated rings. The Hall–Kier alpha value is -2.56. The fourth-order valence-electron chi connectivity index (χ4n) is 2.28. The van der Waals surface area contributed by atoms with Crippen molar-refractivity contribution in [3.8, 4) is 17.2 Å². The van der Waals surface area contributed by atoms with Crippen LogP contribution in [0.1, 0.15) is 13.8 Å². The molecule has 0 spiro atoms. The average molecular weight is 330 g/mol. The summed E-state index contributed by atoms with van der Waals surface area (Å²) in [5.74, 6) is 2.48. The van der Waals surface area contributed by atoms with Gasteiger partial charge in [0.25, 0.3) is 0 Å². The summed E-state index contributed by atoms with van der Waals surface area (Å²) in [4.78, 5) is 0. The monoisotopic (exact) mass is 330 g/mol. The molecule has 2 N–H and O–H groups in total. The highest BCUT2D eigenvalue weighted by molar-refractivity contribution is 5.60. The molecule has 2 aromatic rings. The maximum Gasteiger partial charge on any atom is 0.142 e. The fourth-order valence-corrected chi connectivity index (χ4v) is 2.28. The molecule has 0 heterocycles. The van der Waals surface area contributed by atoms with E-state index in [4.69, 9.17) is 14.2 Å². The first-order valence-corrected chi connectivity index (χ1v) is 8.09. The molecule has 0 saturated heterocycles. The zero-order chi connectivity index (χ0) is 17.4. The number of anilines is 2. The van der Waals surface area contributed by atoms with E-state index >= 15 is 0 Å². The maximum atomic E-state index is 5.63. The van der Waals surface area contributed by atoms with E-state index < -0.39 is 0 Å². The van der Waals surface area contributed by atoms with Crippen LogP contribution in [0.4, 0.5) is 11.4 Å². The number of methoxy groups -OCH3 is 2. The van der Waals surface area contributed by atoms with Gasteiger partial charge in [0, 0.05) is 24.8 Å². The first-order chi connectivity index (χ1) is 11.6. The van der Waals surface area contributed by atoms with Crippen LogP contribution in [0.5, 0.6) is 17.2 Å². The van der Waals surface area contributed by atoms with Crippen molar-refractivity contribution in [2.24, 2.45) is 0 Å². The summed E-state index contributed by atoms with van der Waals surface area (Å²) in [6, 6.07) is 13.7. The van der Waals surface area contributed by atoms with Gasteiger partial charge in [-0.25, -0.2) is 0 Å². The molecule has 0 unspecified atom stereocenters. The van der Waals surface area contributed by atoms with Gasteiger partial charge in [-0.1, -0.05) is 0 Å². The third-order valence-electron chi connectivity index (χ3n) is 3.40. The van der Waals surface area contributed by atoms with E-state index in [0.717, 1.165) is 41.7 Å². The second-order valence-electron chi connectivity index (χ2n) is 5.61. The predicted molar refractivity (Wildman–Crippen MR) is 98.7 cm³/mol. The van der Waals surface area contributed by atoms with Gasteiger partial charge >= 0.3 is 0 Å². The van der Waals surface area contributed by atoms with E-state index in [2.05, 4.69) is 10.6 Å². The van der Waals surface area contributed by atoms with Gasteiger partial charge in [0.15, 0.2) is 0 Å². The zero-order valence-corrected chi connectivity index (χ0v) is 14.8. The molecule has 2 rings (SSSR count). The number of hydrogen-bond acceptors (Lipinski definition) is 5. The van der Waals surface area contributed by atoms with Gasteiger partial charge in [-0.3, -0.25) is 0 Å². The molecule has 0 radical (unpaired) electrons. The molecule has 2 aromatic carbocycles. The van der Waals surface area contributed by atoms with Crippen LogP contribution >= 0.6 is 0 Å². The summed E-state index contributed by atoms with van der Waals surface area (Å²) in [5, 5.41) is 6.73. The molecule has 5 heteroatoms. The van der Waals surface area contributed by atoms with Crippen LogP contribution in [-0.4, -0.2) is 33.4 Å². The summed E-state index contributed by atoms with van der Waals surface area (Å²) in [7, 11) is 3.31. The van der Waals surface area contributed by atoms with E-state index in [-0.39, 0.29) is 6.10 Å². The molecule has 0 aliphatic heterocycles. The van der Waals surface area contributed by atoms with Crippen molar-refractivity contribution in [2.45, 2.75) is 20.0 Å². The summed E-state index contributed by atoms with van der Waals surface area (Å²) in [5.41, 5.74) is 1.98. The highest BCUT2D eigenvalue weighted by Crippen LogP contribution is 2.28. The highest BCUT2D eigenvalue weighted by atomic mass is 16.5. The van der Waals surface area contributed by atoms with Crippen LogP contribution < -0.4 is 24.8 Å². The first-order valence-electron chi connectivity index (χ1n) is 8.09. The van der Waals surface area contributed by atoms with Crippen molar-refractivity contribution >= 4 is 11.4 Å². The molecular weight excluding hydrogens is 304 g/mol. The molecule has 0 aliphatic rings. The van der Waals surface area contributed by atoms with Crippen LogP contribution in [0, 0.1) is 0 Å². The quantitative estimate of drug-likeness (QED) is 0.680. The summed E-state index contributed by atoms with van der Waals surface area (Å²) in [6.45, 7) is 5.58. The normalized spacial score (nSPS) is 10.4. The molecule has 5 nitrogen and oxygen atoms in total. The molecule has 0 aromatic heterocycles. The molecular formula is C19H26N2O3. The lowest BCUT2D eigenvalue weighted by Gasteiger charge is -2.14. The van der Waals surface area contributed by atoms with Gasteiger partial charge in [-0.2, -0.15) is 0 Å². The first kappa shape index (κ1) is 17.8. The Balaban J connectivity index is 1.82. The predicted octanol–water partition coefficient (Wildman–Crippen LogP) is 4.02. The van der Waals surface area contributed by atoms with Gasteiger partial charge in [0.2, 0.25) is 0 Å². The number of nitrogens with one attached hydrogen (secondary N) is 2. The van der Waals surface area contributed by atoms with Crippen molar-refractivity contribution in [1.29, 1.82) is 0 Å². The van der Waals surface area contributed by atoms with Gasteiger partial charge < -0.3 is 24.8 Å². The Bertz CT molecular complexity index is 627. The Kier molecular flexibility index (Phi) is 6.61. The van der Waals surface area contributed by atoms with Crippen molar-refractivity contribution in [3.63, 3.8) is 0 Å². The van der Waals surface area contributed by atoms with Gasteiger partial charge in [0.05, 0.1) is 26.0 Å². The molecule has 0 saturated carbocycles. The van der Waals surface area contributed by atoms with E-state index in [1.165, 1.54) is 0 Å².